The van der Waals surface area contributed by atoms with Crippen LogP contribution in [0.2, 0.25) is 5.02 Å². The van der Waals surface area contributed by atoms with Crippen LogP contribution < -0.4 is 4.90 Å². The van der Waals surface area contributed by atoms with Gasteiger partial charge in [0.1, 0.15) is 0 Å². The molecule has 0 aromatic heterocycles. The Hall–Kier alpha value is -2.40. The zero-order valence-electron chi connectivity index (χ0n) is 11.5. The average molecular weight is 305 g/mol. The Morgan fingerprint density at radius 1 is 1.24 bits per heavy atom. The van der Waals surface area contributed by atoms with Crippen LogP contribution in [-0.2, 0) is 0 Å². The Bertz CT molecular complexity index is 716. The number of non-ortho nitro benzene ring substituents is 1. The highest BCUT2D eigenvalue weighted by Crippen LogP contribution is 2.25. The molecule has 6 heteroatoms. The maximum atomic E-state index is 12.4. The molecule has 0 saturated carbocycles. The summed E-state index contributed by atoms with van der Waals surface area (Å²) in [6, 6.07) is 11.3. The van der Waals surface area contributed by atoms with Crippen molar-refractivity contribution in [2.24, 2.45) is 0 Å². The second kappa shape index (κ2) is 5.93. The predicted molar refractivity (Wildman–Crippen MR) is 82.0 cm³/mol. The summed E-state index contributed by atoms with van der Waals surface area (Å²) in [5.41, 5.74) is 1.84. The summed E-state index contributed by atoms with van der Waals surface area (Å²) in [4.78, 5) is 24.0. The molecular formula is C15H13ClN2O3. The van der Waals surface area contributed by atoms with Crippen molar-refractivity contribution >= 4 is 28.9 Å². The highest BCUT2D eigenvalue weighted by atomic mass is 35.5. The standard InChI is InChI=1S/C15H13ClN2O3/c1-10-4-3-5-11(8-10)17(2)15(19)13-7-6-12(18(20)21)9-14(13)16/h3-9H,1-2H3. The van der Waals surface area contributed by atoms with Gasteiger partial charge in [-0.05, 0) is 30.7 Å². The summed E-state index contributed by atoms with van der Waals surface area (Å²) in [7, 11) is 1.63. The molecule has 0 saturated heterocycles. The van der Waals surface area contributed by atoms with Crippen molar-refractivity contribution in [2.75, 3.05) is 11.9 Å². The van der Waals surface area contributed by atoms with Gasteiger partial charge in [0.05, 0.1) is 15.5 Å². The fraction of sp³-hybridized carbons (Fsp3) is 0.133. The van der Waals surface area contributed by atoms with Crippen LogP contribution in [0.15, 0.2) is 42.5 Å². The molecule has 108 valence electrons. The summed E-state index contributed by atoms with van der Waals surface area (Å²) in [6.45, 7) is 1.93. The molecule has 0 aliphatic heterocycles. The van der Waals surface area contributed by atoms with Gasteiger partial charge in [-0.3, -0.25) is 14.9 Å². The summed E-state index contributed by atoms with van der Waals surface area (Å²) >= 11 is 5.98. The highest BCUT2D eigenvalue weighted by Gasteiger charge is 2.19. The van der Waals surface area contributed by atoms with Gasteiger partial charge in [0, 0.05) is 24.9 Å². The van der Waals surface area contributed by atoms with Crippen molar-refractivity contribution in [3.63, 3.8) is 0 Å². The van der Waals surface area contributed by atoms with E-state index in [-0.39, 0.29) is 22.2 Å². The van der Waals surface area contributed by atoms with Gasteiger partial charge in [-0.1, -0.05) is 23.7 Å². The van der Waals surface area contributed by atoms with E-state index in [1.54, 1.807) is 7.05 Å². The number of amides is 1. The molecular weight excluding hydrogens is 292 g/mol. The maximum absolute atomic E-state index is 12.4. The molecule has 2 rings (SSSR count). The number of aryl methyl sites for hydroxylation is 1. The van der Waals surface area contributed by atoms with Crippen LogP contribution in [0.3, 0.4) is 0 Å². The first-order valence-electron chi connectivity index (χ1n) is 6.19. The molecule has 0 atom stereocenters. The molecule has 0 aliphatic rings. The SMILES string of the molecule is Cc1cccc(N(C)C(=O)c2ccc([N+](=O)[O-])cc2Cl)c1. The van der Waals surface area contributed by atoms with Crippen LogP contribution in [0.4, 0.5) is 11.4 Å². The topological polar surface area (TPSA) is 63.5 Å². The Balaban J connectivity index is 2.33. The monoisotopic (exact) mass is 304 g/mol. The van der Waals surface area contributed by atoms with E-state index in [4.69, 9.17) is 11.6 Å². The maximum Gasteiger partial charge on any atom is 0.270 e. The number of carbonyl (C=O) groups is 1. The van der Waals surface area contributed by atoms with E-state index >= 15 is 0 Å². The van der Waals surface area contributed by atoms with Crippen LogP contribution in [-0.4, -0.2) is 17.9 Å². The number of nitro benzene ring substituents is 1. The van der Waals surface area contributed by atoms with Crippen molar-refractivity contribution in [1.82, 2.24) is 0 Å². The quantitative estimate of drug-likeness (QED) is 0.639. The number of halogens is 1. The van der Waals surface area contributed by atoms with Gasteiger partial charge < -0.3 is 4.90 Å². The minimum absolute atomic E-state index is 0.0636. The third-order valence-corrected chi connectivity index (χ3v) is 3.40. The molecule has 2 aromatic carbocycles. The van der Waals surface area contributed by atoms with E-state index in [1.165, 1.54) is 23.1 Å². The number of hydrogen-bond donors (Lipinski definition) is 0. The average Bonchev–Trinajstić information content (AvgIpc) is 2.45. The number of hydrogen-bond acceptors (Lipinski definition) is 3. The third-order valence-electron chi connectivity index (χ3n) is 3.09. The summed E-state index contributed by atoms with van der Waals surface area (Å²) in [5.74, 6) is -0.319. The molecule has 5 nitrogen and oxygen atoms in total. The lowest BCUT2D eigenvalue weighted by molar-refractivity contribution is -0.384. The first-order chi connectivity index (χ1) is 9.90. The molecule has 0 unspecified atom stereocenters. The number of benzene rings is 2. The Morgan fingerprint density at radius 3 is 2.52 bits per heavy atom. The fourth-order valence-electron chi connectivity index (χ4n) is 1.93. The Labute approximate surface area is 126 Å². The molecule has 0 aliphatic carbocycles. The molecule has 0 heterocycles. The first kappa shape index (κ1) is 15.0. The van der Waals surface area contributed by atoms with Gasteiger partial charge in [0.15, 0.2) is 0 Å². The summed E-state index contributed by atoms with van der Waals surface area (Å²) in [5, 5.41) is 10.7. The van der Waals surface area contributed by atoms with Gasteiger partial charge in [0.25, 0.3) is 11.6 Å². The fourth-order valence-corrected chi connectivity index (χ4v) is 2.18. The van der Waals surface area contributed by atoms with Crippen molar-refractivity contribution in [3.8, 4) is 0 Å². The van der Waals surface area contributed by atoms with E-state index in [0.717, 1.165) is 11.3 Å². The first-order valence-corrected chi connectivity index (χ1v) is 6.56. The van der Waals surface area contributed by atoms with Crippen molar-refractivity contribution in [1.29, 1.82) is 0 Å². The second-order valence-corrected chi connectivity index (χ2v) is 5.03. The molecule has 0 bridgehead atoms. The van der Waals surface area contributed by atoms with E-state index in [0.29, 0.717) is 0 Å². The second-order valence-electron chi connectivity index (χ2n) is 4.62. The summed E-state index contributed by atoms with van der Waals surface area (Å²) < 4.78 is 0. The lowest BCUT2D eigenvalue weighted by atomic mass is 10.1. The van der Waals surface area contributed by atoms with Crippen LogP contribution in [0.25, 0.3) is 0 Å². The Kier molecular flexibility index (Phi) is 4.23. The largest absolute Gasteiger partial charge is 0.311 e. The lowest BCUT2D eigenvalue weighted by Crippen LogP contribution is -2.26. The minimum atomic E-state index is -0.551. The van der Waals surface area contributed by atoms with E-state index in [9.17, 15) is 14.9 Å². The van der Waals surface area contributed by atoms with Crippen LogP contribution in [0.1, 0.15) is 15.9 Å². The van der Waals surface area contributed by atoms with Gasteiger partial charge >= 0.3 is 0 Å². The number of carbonyl (C=O) groups excluding carboxylic acids is 1. The van der Waals surface area contributed by atoms with Gasteiger partial charge in [-0.25, -0.2) is 0 Å². The normalized spacial score (nSPS) is 10.2. The molecule has 0 spiro atoms. The van der Waals surface area contributed by atoms with E-state index in [1.807, 2.05) is 31.2 Å². The van der Waals surface area contributed by atoms with Crippen LogP contribution >= 0.6 is 11.6 Å². The molecule has 2 aromatic rings. The third kappa shape index (κ3) is 3.20. The smallest absolute Gasteiger partial charge is 0.270 e. The molecule has 1 amide bonds. The molecule has 21 heavy (non-hydrogen) atoms. The highest BCUT2D eigenvalue weighted by molar-refractivity contribution is 6.34. The van der Waals surface area contributed by atoms with E-state index < -0.39 is 4.92 Å². The van der Waals surface area contributed by atoms with Crippen LogP contribution in [0.5, 0.6) is 0 Å². The molecule has 0 fully saturated rings. The van der Waals surface area contributed by atoms with Crippen LogP contribution in [0, 0.1) is 17.0 Å². The number of nitro groups is 1. The number of rotatable bonds is 3. The Morgan fingerprint density at radius 2 is 1.95 bits per heavy atom. The minimum Gasteiger partial charge on any atom is -0.311 e. The lowest BCUT2D eigenvalue weighted by Gasteiger charge is -2.18. The van der Waals surface area contributed by atoms with Crippen molar-refractivity contribution < 1.29 is 9.72 Å². The van der Waals surface area contributed by atoms with Crippen molar-refractivity contribution in [2.45, 2.75) is 6.92 Å². The molecule has 0 N–H and O–H groups in total. The number of anilines is 1. The van der Waals surface area contributed by atoms with Crippen molar-refractivity contribution in [3.05, 3.63) is 68.7 Å². The van der Waals surface area contributed by atoms with Gasteiger partial charge in [-0.2, -0.15) is 0 Å². The summed E-state index contributed by atoms with van der Waals surface area (Å²) in [6.07, 6.45) is 0. The zero-order chi connectivity index (χ0) is 15.6. The number of nitrogens with zero attached hydrogens (tertiary/aromatic N) is 2. The van der Waals surface area contributed by atoms with Gasteiger partial charge in [-0.15, -0.1) is 0 Å². The zero-order valence-corrected chi connectivity index (χ0v) is 12.3. The van der Waals surface area contributed by atoms with E-state index in [2.05, 4.69) is 0 Å². The predicted octanol–water partition coefficient (Wildman–Crippen LogP) is 3.83. The van der Waals surface area contributed by atoms with Gasteiger partial charge in [0.2, 0.25) is 0 Å². The molecule has 0 radical (unpaired) electrons.